The summed E-state index contributed by atoms with van der Waals surface area (Å²) in [6.45, 7) is 2.06. The van der Waals surface area contributed by atoms with Gasteiger partial charge in [0, 0.05) is 16.9 Å². The first kappa shape index (κ1) is 17.3. The fraction of sp³-hybridized carbons (Fsp3) is 0.167. The van der Waals surface area contributed by atoms with E-state index in [1.807, 2.05) is 54.6 Å². The molecule has 3 aromatic carbocycles. The highest BCUT2D eigenvalue weighted by molar-refractivity contribution is 8.00. The van der Waals surface area contributed by atoms with Crippen LogP contribution in [0.1, 0.15) is 38.5 Å². The molecule has 5 rings (SSSR count). The Labute approximate surface area is 168 Å². The number of oxime groups is 1. The number of fused-ring (bicyclic) bond motifs is 1. The number of benzene rings is 3. The number of ketones is 1. The van der Waals surface area contributed by atoms with Gasteiger partial charge in [-0.25, -0.2) is 0 Å². The van der Waals surface area contributed by atoms with Gasteiger partial charge in [0.25, 0.3) is 4.93 Å². The summed E-state index contributed by atoms with van der Waals surface area (Å²) >= 11 is 1.54. The lowest BCUT2D eigenvalue weighted by Gasteiger charge is -2.35. The third-order valence-electron chi connectivity index (χ3n) is 5.43. The molecule has 2 atom stereocenters. The van der Waals surface area contributed by atoms with Crippen LogP contribution in [0.25, 0.3) is 0 Å². The smallest absolute Gasteiger partial charge is 0.257 e. The second-order valence-corrected chi connectivity index (χ2v) is 8.40. The third kappa shape index (κ3) is 2.60. The van der Waals surface area contributed by atoms with E-state index in [2.05, 4.69) is 36.3 Å². The van der Waals surface area contributed by atoms with E-state index in [-0.39, 0.29) is 11.7 Å². The summed E-state index contributed by atoms with van der Waals surface area (Å²) in [5.74, 6) is 0.461. The van der Waals surface area contributed by atoms with E-state index < -0.39 is 4.93 Å². The molecule has 2 unspecified atom stereocenters. The fourth-order valence-corrected chi connectivity index (χ4v) is 5.32. The molecule has 3 aromatic rings. The molecule has 0 amide bonds. The van der Waals surface area contributed by atoms with E-state index in [0.717, 1.165) is 33.7 Å². The summed E-state index contributed by atoms with van der Waals surface area (Å²) in [7, 11) is 0. The molecule has 2 heterocycles. The molecule has 2 aliphatic rings. The zero-order valence-corrected chi connectivity index (χ0v) is 16.3. The average molecular weight is 385 g/mol. The summed E-state index contributed by atoms with van der Waals surface area (Å²) < 4.78 is 0. The first-order valence-corrected chi connectivity index (χ1v) is 10.3. The molecule has 0 fully saturated rings. The van der Waals surface area contributed by atoms with Gasteiger partial charge in [0.1, 0.15) is 5.71 Å². The van der Waals surface area contributed by atoms with Crippen molar-refractivity contribution in [3.8, 4) is 0 Å². The Morgan fingerprint density at radius 2 is 1.68 bits per heavy atom. The Morgan fingerprint density at radius 3 is 2.46 bits per heavy atom. The van der Waals surface area contributed by atoms with Crippen molar-refractivity contribution >= 4 is 23.3 Å². The van der Waals surface area contributed by atoms with Gasteiger partial charge in [-0.2, -0.15) is 0 Å². The highest BCUT2D eigenvalue weighted by atomic mass is 32.2. The van der Waals surface area contributed by atoms with Gasteiger partial charge in [-0.1, -0.05) is 101 Å². The molecule has 0 saturated heterocycles. The average Bonchev–Trinajstić information content (AvgIpc) is 3.13. The van der Waals surface area contributed by atoms with Crippen LogP contribution in [0, 0.1) is 6.92 Å². The Balaban J connectivity index is 1.66. The summed E-state index contributed by atoms with van der Waals surface area (Å²) in [4.78, 5) is 18.6. The van der Waals surface area contributed by atoms with Gasteiger partial charge in [-0.15, -0.1) is 0 Å². The van der Waals surface area contributed by atoms with Crippen molar-refractivity contribution in [2.24, 2.45) is 5.16 Å². The van der Waals surface area contributed by atoms with Crippen LogP contribution in [0.2, 0.25) is 0 Å². The molecular formula is C24H19NO2S. The lowest BCUT2D eigenvalue weighted by molar-refractivity contribution is 0.0361. The lowest BCUT2D eigenvalue weighted by Crippen LogP contribution is -2.45. The molecule has 138 valence electrons. The van der Waals surface area contributed by atoms with Gasteiger partial charge in [-0.3, -0.25) is 4.79 Å². The van der Waals surface area contributed by atoms with Gasteiger partial charge >= 0.3 is 0 Å². The lowest BCUT2D eigenvalue weighted by atomic mass is 9.81. The van der Waals surface area contributed by atoms with Crippen molar-refractivity contribution in [3.63, 3.8) is 0 Å². The van der Waals surface area contributed by atoms with Crippen molar-refractivity contribution in [2.45, 2.75) is 23.5 Å². The minimum atomic E-state index is -1.06. The van der Waals surface area contributed by atoms with E-state index in [1.54, 1.807) is 11.8 Å². The summed E-state index contributed by atoms with van der Waals surface area (Å²) in [6.07, 6.45) is 0. The molecule has 0 N–H and O–H groups in total. The van der Waals surface area contributed by atoms with Crippen LogP contribution in [0.4, 0.5) is 0 Å². The number of Topliss-reactive ketones (excluding diaryl/α,β-unsaturated/α-hetero) is 1. The van der Waals surface area contributed by atoms with Gasteiger partial charge < -0.3 is 4.84 Å². The standard InChI is InChI=1S/C24H19NO2S/c1-16-11-13-17(14-12-16)21-22(18-7-3-2-4-8-18)25-27-24(21)23(26)20-10-6-5-9-19(20)15-28-24/h2-14,21H,15H2,1H3. The number of hydrogen-bond acceptors (Lipinski definition) is 4. The first-order valence-electron chi connectivity index (χ1n) is 9.34. The molecule has 4 heteroatoms. The van der Waals surface area contributed by atoms with Crippen molar-refractivity contribution in [2.75, 3.05) is 0 Å². The van der Waals surface area contributed by atoms with E-state index in [1.165, 1.54) is 5.56 Å². The maximum absolute atomic E-state index is 13.6. The third-order valence-corrected chi connectivity index (χ3v) is 6.81. The van der Waals surface area contributed by atoms with Crippen LogP contribution in [0.5, 0.6) is 0 Å². The molecular weight excluding hydrogens is 366 g/mol. The second kappa shape index (κ2) is 6.64. The zero-order chi connectivity index (χ0) is 19.1. The van der Waals surface area contributed by atoms with E-state index in [0.29, 0.717) is 0 Å². The Kier molecular flexibility index (Phi) is 4.09. The van der Waals surface area contributed by atoms with Gasteiger partial charge in [0.15, 0.2) is 0 Å². The number of thioether (sulfide) groups is 1. The molecule has 28 heavy (non-hydrogen) atoms. The van der Waals surface area contributed by atoms with Crippen molar-refractivity contribution in [1.82, 2.24) is 0 Å². The van der Waals surface area contributed by atoms with Gasteiger partial charge in [0.2, 0.25) is 5.78 Å². The molecule has 2 aliphatic heterocycles. The minimum absolute atomic E-state index is 0.000365. The number of aryl methyl sites for hydroxylation is 1. The van der Waals surface area contributed by atoms with Gasteiger partial charge in [0.05, 0.1) is 5.92 Å². The van der Waals surface area contributed by atoms with Crippen LogP contribution in [-0.2, 0) is 10.6 Å². The van der Waals surface area contributed by atoms with E-state index in [4.69, 9.17) is 4.84 Å². The fourth-order valence-electron chi connectivity index (χ4n) is 3.95. The predicted molar refractivity (Wildman–Crippen MR) is 113 cm³/mol. The van der Waals surface area contributed by atoms with Crippen molar-refractivity contribution in [3.05, 3.63) is 107 Å². The summed E-state index contributed by atoms with van der Waals surface area (Å²) in [5, 5.41) is 4.46. The Morgan fingerprint density at radius 1 is 0.964 bits per heavy atom. The molecule has 0 saturated carbocycles. The molecule has 0 bridgehead atoms. The highest BCUT2D eigenvalue weighted by Gasteiger charge is 2.58. The van der Waals surface area contributed by atoms with Crippen LogP contribution < -0.4 is 0 Å². The van der Waals surface area contributed by atoms with Crippen LogP contribution >= 0.6 is 11.8 Å². The molecule has 0 aliphatic carbocycles. The Hall–Kier alpha value is -2.85. The maximum atomic E-state index is 13.6. The number of hydrogen-bond donors (Lipinski definition) is 0. The molecule has 3 nitrogen and oxygen atoms in total. The van der Waals surface area contributed by atoms with E-state index in [9.17, 15) is 4.79 Å². The summed E-state index contributed by atoms with van der Waals surface area (Å²) in [6, 6.07) is 26.1. The quantitative estimate of drug-likeness (QED) is 0.598. The molecule has 0 aromatic heterocycles. The van der Waals surface area contributed by atoms with Crippen LogP contribution in [0.15, 0.2) is 84.0 Å². The summed E-state index contributed by atoms with van der Waals surface area (Å²) in [5.41, 5.74) is 5.82. The number of rotatable bonds is 2. The van der Waals surface area contributed by atoms with Crippen molar-refractivity contribution in [1.29, 1.82) is 0 Å². The second-order valence-electron chi connectivity index (χ2n) is 7.22. The SMILES string of the molecule is Cc1ccc(C2C(c3ccccc3)=NOC23SCc2ccccc2C3=O)cc1. The van der Waals surface area contributed by atoms with Crippen LogP contribution in [-0.4, -0.2) is 16.4 Å². The van der Waals surface area contributed by atoms with E-state index >= 15 is 0 Å². The normalized spacial score (nSPS) is 23.2. The highest BCUT2D eigenvalue weighted by Crippen LogP contribution is 2.52. The molecule has 1 spiro atoms. The largest absolute Gasteiger partial charge is 0.368 e. The Bertz CT molecular complexity index is 1080. The number of carbonyl (C=O) groups excluding carboxylic acids is 1. The zero-order valence-electron chi connectivity index (χ0n) is 15.5. The number of carbonyl (C=O) groups is 1. The molecule has 0 radical (unpaired) electrons. The monoisotopic (exact) mass is 385 g/mol. The number of nitrogens with zero attached hydrogens (tertiary/aromatic N) is 1. The van der Waals surface area contributed by atoms with Crippen molar-refractivity contribution < 1.29 is 9.63 Å². The minimum Gasteiger partial charge on any atom is -0.368 e. The van der Waals surface area contributed by atoms with Crippen LogP contribution in [0.3, 0.4) is 0 Å². The predicted octanol–water partition coefficient (Wildman–Crippen LogP) is 5.34. The first-order chi connectivity index (χ1) is 13.7. The topological polar surface area (TPSA) is 38.7 Å². The van der Waals surface area contributed by atoms with Gasteiger partial charge in [-0.05, 0) is 18.1 Å². The maximum Gasteiger partial charge on any atom is 0.257 e.